The van der Waals surface area contributed by atoms with E-state index in [-0.39, 0.29) is 11.9 Å². The predicted molar refractivity (Wildman–Crippen MR) is 70.5 cm³/mol. The van der Waals surface area contributed by atoms with Crippen LogP contribution in [-0.2, 0) is 9.53 Å². The Morgan fingerprint density at radius 3 is 2.39 bits per heavy atom. The van der Waals surface area contributed by atoms with Crippen LogP contribution >= 0.6 is 0 Å². The van der Waals surface area contributed by atoms with E-state index in [1.54, 1.807) is 11.8 Å². The lowest BCUT2D eigenvalue weighted by molar-refractivity contribution is -0.127. The summed E-state index contributed by atoms with van der Waals surface area (Å²) in [5.74, 6) is 0.0766. The molecule has 1 aliphatic heterocycles. The molecule has 1 rings (SSSR count). The summed E-state index contributed by atoms with van der Waals surface area (Å²) in [5.41, 5.74) is -1.15. The highest BCUT2D eigenvalue weighted by Gasteiger charge is 2.47. The minimum absolute atomic E-state index is 0.0766. The number of ether oxygens (including phenoxy) is 1. The van der Waals surface area contributed by atoms with E-state index < -0.39 is 11.1 Å². The van der Waals surface area contributed by atoms with Crippen LogP contribution in [0.1, 0.15) is 60.3 Å². The molecule has 104 valence electrons. The lowest BCUT2D eigenvalue weighted by Gasteiger charge is -2.37. The summed E-state index contributed by atoms with van der Waals surface area (Å²) in [5, 5.41) is 0. The lowest BCUT2D eigenvalue weighted by atomic mass is 9.87. The fourth-order valence-corrected chi connectivity index (χ4v) is 2.68. The number of rotatable bonds is 3. The monoisotopic (exact) mass is 255 g/mol. The van der Waals surface area contributed by atoms with Gasteiger partial charge in [-0.1, -0.05) is 13.3 Å². The van der Waals surface area contributed by atoms with Gasteiger partial charge in [-0.15, -0.1) is 0 Å². The van der Waals surface area contributed by atoms with Gasteiger partial charge in [-0.3, -0.25) is 9.69 Å². The SMILES string of the molecule is CCCC1(C(C)=O)CCCN1C(=O)OC(C)(C)C. The molecule has 0 aliphatic carbocycles. The van der Waals surface area contributed by atoms with E-state index in [0.717, 1.165) is 25.7 Å². The van der Waals surface area contributed by atoms with Gasteiger partial charge in [0.2, 0.25) is 0 Å². The van der Waals surface area contributed by atoms with E-state index in [4.69, 9.17) is 4.74 Å². The Bertz CT molecular complexity index is 332. The second-order valence-corrected chi connectivity index (χ2v) is 6.07. The first-order valence-electron chi connectivity index (χ1n) is 6.74. The van der Waals surface area contributed by atoms with Crippen molar-refractivity contribution in [3.05, 3.63) is 0 Å². The molecule has 1 saturated heterocycles. The third kappa shape index (κ3) is 3.03. The van der Waals surface area contributed by atoms with Crippen molar-refractivity contribution in [2.75, 3.05) is 6.54 Å². The molecule has 4 heteroatoms. The van der Waals surface area contributed by atoms with Gasteiger partial charge >= 0.3 is 6.09 Å². The molecule has 18 heavy (non-hydrogen) atoms. The summed E-state index contributed by atoms with van der Waals surface area (Å²) in [4.78, 5) is 25.8. The molecule has 1 fully saturated rings. The molecule has 0 N–H and O–H groups in total. The molecule has 0 aromatic rings. The molecule has 1 amide bonds. The maximum atomic E-state index is 12.2. The zero-order valence-electron chi connectivity index (χ0n) is 12.2. The van der Waals surface area contributed by atoms with Crippen molar-refractivity contribution in [3.8, 4) is 0 Å². The van der Waals surface area contributed by atoms with Gasteiger partial charge in [0.15, 0.2) is 5.78 Å². The second-order valence-electron chi connectivity index (χ2n) is 6.07. The van der Waals surface area contributed by atoms with E-state index in [0.29, 0.717) is 6.54 Å². The van der Waals surface area contributed by atoms with Crippen LogP contribution in [0.5, 0.6) is 0 Å². The zero-order valence-corrected chi connectivity index (χ0v) is 12.2. The smallest absolute Gasteiger partial charge is 0.411 e. The number of Topliss-reactive ketones (excluding diaryl/α,β-unsaturated/α-hetero) is 1. The average molecular weight is 255 g/mol. The second kappa shape index (κ2) is 5.29. The van der Waals surface area contributed by atoms with Gasteiger partial charge in [0.05, 0.1) is 0 Å². The van der Waals surface area contributed by atoms with E-state index in [9.17, 15) is 9.59 Å². The summed E-state index contributed by atoms with van der Waals surface area (Å²) in [6.45, 7) is 9.77. The quantitative estimate of drug-likeness (QED) is 0.778. The van der Waals surface area contributed by atoms with Crippen LogP contribution in [0.2, 0.25) is 0 Å². The Kier molecular flexibility index (Phi) is 4.41. The van der Waals surface area contributed by atoms with Crippen molar-refractivity contribution >= 4 is 11.9 Å². The molecule has 0 aromatic heterocycles. The van der Waals surface area contributed by atoms with E-state index in [1.165, 1.54) is 0 Å². The van der Waals surface area contributed by atoms with Crippen molar-refractivity contribution < 1.29 is 14.3 Å². The first-order valence-corrected chi connectivity index (χ1v) is 6.74. The number of hydrogen-bond donors (Lipinski definition) is 0. The van der Waals surface area contributed by atoms with Crippen LogP contribution in [0.15, 0.2) is 0 Å². The highest BCUT2D eigenvalue weighted by Crippen LogP contribution is 2.35. The molecule has 1 aliphatic rings. The number of hydrogen-bond acceptors (Lipinski definition) is 3. The molecular formula is C14H25NO3. The first kappa shape index (κ1) is 15.0. The van der Waals surface area contributed by atoms with Crippen molar-refractivity contribution in [2.24, 2.45) is 0 Å². The normalized spacial score (nSPS) is 24.2. The van der Waals surface area contributed by atoms with Crippen LogP contribution < -0.4 is 0 Å². The number of carbonyl (C=O) groups excluding carboxylic acids is 2. The number of nitrogens with zero attached hydrogens (tertiary/aromatic N) is 1. The molecule has 1 heterocycles. The molecule has 0 spiro atoms. The van der Waals surface area contributed by atoms with Crippen LogP contribution in [0.25, 0.3) is 0 Å². The Labute approximate surface area is 110 Å². The van der Waals surface area contributed by atoms with Gasteiger partial charge in [-0.05, 0) is 47.0 Å². The van der Waals surface area contributed by atoms with Crippen LogP contribution in [0.3, 0.4) is 0 Å². The third-order valence-electron chi connectivity index (χ3n) is 3.42. The maximum absolute atomic E-state index is 12.2. The predicted octanol–water partition coefficient (Wildman–Crippen LogP) is 3.15. The Balaban J connectivity index is 2.92. The molecule has 1 atom stereocenters. The van der Waals surface area contributed by atoms with Crippen molar-refractivity contribution in [1.29, 1.82) is 0 Å². The van der Waals surface area contributed by atoms with E-state index >= 15 is 0 Å². The van der Waals surface area contributed by atoms with Gasteiger partial charge in [0.25, 0.3) is 0 Å². The van der Waals surface area contributed by atoms with Gasteiger partial charge < -0.3 is 4.74 Å². The summed E-state index contributed by atoms with van der Waals surface area (Å²) in [6, 6.07) is 0. The fourth-order valence-electron chi connectivity index (χ4n) is 2.68. The highest BCUT2D eigenvalue weighted by molar-refractivity contribution is 5.90. The standard InChI is InChI=1S/C14H25NO3/c1-6-8-14(11(2)16)9-7-10-15(14)12(17)18-13(3,4)5/h6-10H2,1-5H3. The number of amides is 1. The van der Waals surface area contributed by atoms with E-state index in [1.807, 2.05) is 27.7 Å². The number of ketones is 1. The highest BCUT2D eigenvalue weighted by atomic mass is 16.6. The first-order chi connectivity index (χ1) is 8.23. The van der Waals surface area contributed by atoms with E-state index in [2.05, 4.69) is 0 Å². The van der Waals surface area contributed by atoms with Crippen molar-refractivity contribution in [2.45, 2.75) is 71.4 Å². The minimum atomic E-state index is -0.628. The largest absolute Gasteiger partial charge is 0.444 e. The van der Waals surface area contributed by atoms with Gasteiger partial charge in [-0.25, -0.2) is 4.79 Å². The summed E-state index contributed by atoms with van der Waals surface area (Å²) in [7, 11) is 0. The molecule has 1 unspecified atom stereocenters. The number of carbonyl (C=O) groups is 2. The Hall–Kier alpha value is -1.06. The van der Waals surface area contributed by atoms with Crippen molar-refractivity contribution in [3.63, 3.8) is 0 Å². The van der Waals surface area contributed by atoms with Crippen molar-refractivity contribution in [1.82, 2.24) is 4.90 Å². The Morgan fingerprint density at radius 1 is 1.33 bits per heavy atom. The van der Waals surface area contributed by atoms with Crippen LogP contribution in [-0.4, -0.2) is 34.5 Å². The molecule has 0 aromatic carbocycles. The van der Waals surface area contributed by atoms with Gasteiger partial charge in [0, 0.05) is 6.54 Å². The third-order valence-corrected chi connectivity index (χ3v) is 3.42. The summed E-state index contributed by atoms with van der Waals surface area (Å²) >= 11 is 0. The Morgan fingerprint density at radius 2 is 1.94 bits per heavy atom. The van der Waals surface area contributed by atoms with Crippen LogP contribution in [0, 0.1) is 0 Å². The molecular weight excluding hydrogens is 230 g/mol. The summed E-state index contributed by atoms with van der Waals surface area (Å²) in [6.07, 6.45) is 2.89. The minimum Gasteiger partial charge on any atom is -0.444 e. The summed E-state index contributed by atoms with van der Waals surface area (Å²) < 4.78 is 5.41. The van der Waals surface area contributed by atoms with Gasteiger partial charge in [-0.2, -0.15) is 0 Å². The number of likely N-dealkylation sites (tertiary alicyclic amines) is 1. The fraction of sp³-hybridized carbons (Fsp3) is 0.857. The molecule has 0 saturated carbocycles. The lowest BCUT2D eigenvalue weighted by Crippen LogP contribution is -2.53. The average Bonchev–Trinajstić information content (AvgIpc) is 2.60. The van der Waals surface area contributed by atoms with Crippen LogP contribution in [0.4, 0.5) is 4.79 Å². The zero-order chi connectivity index (χ0) is 14.0. The topological polar surface area (TPSA) is 46.6 Å². The maximum Gasteiger partial charge on any atom is 0.411 e. The molecule has 0 bridgehead atoms. The van der Waals surface area contributed by atoms with Gasteiger partial charge in [0.1, 0.15) is 11.1 Å². The molecule has 4 nitrogen and oxygen atoms in total. The molecule has 0 radical (unpaired) electrons.